The van der Waals surface area contributed by atoms with Gasteiger partial charge in [0.15, 0.2) is 0 Å². The number of aryl methyl sites for hydroxylation is 1. The second-order valence-corrected chi connectivity index (χ2v) is 5.35. The van der Waals surface area contributed by atoms with Gasteiger partial charge in [-0.15, -0.1) is 0 Å². The van der Waals surface area contributed by atoms with Gasteiger partial charge in [-0.2, -0.15) is 0 Å². The van der Waals surface area contributed by atoms with E-state index in [1.807, 2.05) is 34.6 Å². The minimum Gasteiger partial charge on any atom is -0.398 e. The number of anilines is 1. The van der Waals surface area contributed by atoms with Gasteiger partial charge in [0.25, 0.3) is 0 Å². The van der Waals surface area contributed by atoms with E-state index in [0.717, 1.165) is 0 Å². The molecule has 0 unspecified atom stereocenters. The Labute approximate surface area is 102 Å². The molecule has 0 aliphatic carbocycles. The first-order valence-electron chi connectivity index (χ1n) is 5.67. The molecule has 1 aromatic heterocycles. The summed E-state index contributed by atoms with van der Waals surface area (Å²) in [5.74, 6) is 0.435. The van der Waals surface area contributed by atoms with Crippen molar-refractivity contribution in [2.45, 2.75) is 45.8 Å². The summed E-state index contributed by atoms with van der Waals surface area (Å²) in [7, 11) is -0.480. The third-order valence-corrected chi connectivity index (χ3v) is 3.50. The summed E-state index contributed by atoms with van der Waals surface area (Å²) in [4.78, 5) is 8.42. The van der Waals surface area contributed by atoms with E-state index < -0.39 is 7.12 Å². The topological polar surface area (TPSA) is 70.3 Å². The van der Waals surface area contributed by atoms with E-state index in [2.05, 4.69) is 9.97 Å². The molecule has 1 aromatic rings. The third kappa shape index (κ3) is 2.02. The minimum atomic E-state index is -0.480. The molecule has 1 aliphatic rings. The van der Waals surface area contributed by atoms with Crippen molar-refractivity contribution in [2.24, 2.45) is 0 Å². The Morgan fingerprint density at radius 3 is 2.18 bits per heavy atom. The molecule has 0 atom stereocenters. The number of nitrogen functional groups attached to an aromatic ring is 1. The monoisotopic (exact) mass is 235 g/mol. The average Bonchev–Trinajstić information content (AvgIpc) is 2.41. The molecule has 0 bridgehead atoms. The summed E-state index contributed by atoms with van der Waals surface area (Å²) >= 11 is 0. The summed E-state index contributed by atoms with van der Waals surface area (Å²) in [6, 6.07) is 0. The van der Waals surface area contributed by atoms with Crippen molar-refractivity contribution < 1.29 is 9.31 Å². The molecule has 0 radical (unpaired) electrons. The van der Waals surface area contributed by atoms with Crippen LogP contribution in [-0.2, 0) is 9.31 Å². The zero-order valence-corrected chi connectivity index (χ0v) is 10.9. The SMILES string of the molecule is Cc1nc(B2OC(C)(C)C(C)(C)O2)cnc1N. The molecular weight excluding hydrogens is 217 g/mol. The Morgan fingerprint density at radius 2 is 1.71 bits per heavy atom. The van der Waals surface area contributed by atoms with Crippen LogP contribution in [0.5, 0.6) is 0 Å². The van der Waals surface area contributed by atoms with E-state index in [4.69, 9.17) is 15.0 Å². The third-order valence-electron chi connectivity index (χ3n) is 3.50. The highest BCUT2D eigenvalue weighted by molar-refractivity contribution is 6.61. The Hall–Kier alpha value is -1.14. The lowest BCUT2D eigenvalue weighted by atomic mass is 9.85. The van der Waals surface area contributed by atoms with Crippen molar-refractivity contribution in [3.8, 4) is 0 Å². The molecule has 0 aromatic carbocycles. The molecule has 0 spiro atoms. The predicted molar refractivity (Wildman–Crippen MR) is 66.9 cm³/mol. The first-order valence-corrected chi connectivity index (χ1v) is 5.67. The molecule has 92 valence electrons. The van der Waals surface area contributed by atoms with Gasteiger partial charge < -0.3 is 15.0 Å². The maximum Gasteiger partial charge on any atom is 0.516 e. The van der Waals surface area contributed by atoms with Crippen LogP contribution in [0.3, 0.4) is 0 Å². The van der Waals surface area contributed by atoms with Gasteiger partial charge in [0, 0.05) is 6.20 Å². The fraction of sp³-hybridized carbons (Fsp3) is 0.636. The van der Waals surface area contributed by atoms with Crippen LogP contribution in [0.2, 0.25) is 0 Å². The number of hydrogen-bond acceptors (Lipinski definition) is 5. The van der Waals surface area contributed by atoms with Crippen LogP contribution in [-0.4, -0.2) is 28.3 Å². The first kappa shape index (κ1) is 12.3. The van der Waals surface area contributed by atoms with Crippen LogP contribution in [0.1, 0.15) is 33.4 Å². The maximum atomic E-state index is 5.88. The minimum absolute atomic E-state index is 0.366. The molecular formula is C11H18BN3O2. The zero-order valence-electron chi connectivity index (χ0n) is 10.9. The van der Waals surface area contributed by atoms with Crippen LogP contribution >= 0.6 is 0 Å². The average molecular weight is 235 g/mol. The fourth-order valence-electron chi connectivity index (χ4n) is 1.59. The molecule has 1 saturated heterocycles. The van der Waals surface area contributed by atoms with Gasteiger partial charge in [0.1, 0.15) is 5.82 Å². The van der Waals surface area contributed by atoms with Gasteiger partial charge >= 0.3 is 7.12 Å². The van der Waals surface area contributed by atoms with Gasteiger partial charge in [-0.05, 0) is 34.6 Å². The van der Waals surface area contributed by atoms with Crippen LogP contribution in [0.4, 0.5) is 5.82 Å². The normalized spacial score (nSPS) is 21.8. The van der Waals surface area contributed by atoms with E-state index in [9.17, 15) is 0 Å². The highest BCUT2D eigenvalue weighted by Crippen LogP contribution is 2.36. The molecule has 1 fully saturated rings. The predicted octanol–water partition coefficient (Wildman–Crippen LogP) is 0.666. The summed E-state index contributed by atoms with van der Waals surface area (Å²) < 4.78 is 11.8. The van der Waals surface area contributed by atoms with Gasteiger partial charge in [-0.25, -0.2) is 4.98 Å². The lowest BCUT2D eigenvalue weighted by Crippen LogP contribution is -2.41. The van der Waals surface area contributed by atoms with Gasteiger partial charge in [-0.1, -0.05) is 0 Å². The Kier molecular flexibility index (Phi) is 2.67. The van der Waals surface area contributed by atoms with E-state index in [1.54, 1.807) is 6.20 Å². The van der Waals surface area contributed by atoms with Crippen molar-refractivity contribution in [3.05, 3.63) is 11.9 Å². The number of hydrogen-bond donors (Lipinski definition) is 1. The highest BCUT2D eigenvalue weighted by atomic mass is 16.7. The second kappa shape index (κ2) is 3.68. The van der Waals surface area contributed by atoms with Gasteiger partial charge in [-0.3, -0.25) is 4.98 Å². The summed E-state index contributed by atoms with van der Waals surface area (Å²) in [5.41, 5.74) is 6.26. The van der Waals surface area contributed by atoms with E-state index in [1.165, 1.54) is 0 Å². The standard InChI is InChI=1S/C11H18BN3O2/c1-7-9(13)14-6-8(15-7)12-16-10(2,3)11(4,5)17-12/h6H,1-5H3,(H2,13,14). The summed E-state index contributed by atoms with van der Waals surface area (Å²) in [6.45, 7) is 9.83. The number of nitrogens with two attached hydrogens (primary N) is 1. The van der Waals surface area contributed by atoms with Gasteiger partial charge in [0.2, 0.25) is 0 Å². The van der Waals surface area contributed by atoms with Crippen LogP contribution < -0.4 is 11.3 Å². The molecule has 1 aliphatic heterocycles. The highest BCUT2D eigenvalue weighted by Gasteiger charge is 2.52. The number of nitrogens with zero attached hydrogens (tertiary/aromatic N) is 2. The van der Waals surface area contributed by atoms with Crippen LogP contribution in [0.25, 0.3) is 0 Å². The second-order valence-electron chi connectivity index (χ2n) is 5.35. The first-order chi connectivity index (χ1) is 7.73. The van der Waals surface area contributed by atoms with Crippen LogP contribution in [0.15, 0.2) is 6.20 Å². The van der Waals surface area contributed by atoms with Crippen molar-refractivity contribution in [1.29, 1.82) is 0 Å². The number of rotatable bonds is 1. The lowest BCUT2D eigenvalue weighted by molar-refractivity contribution is 0.00578. The fourth-order valence-corrected chi connectivity index (χ4v) is 1.59. The lowest BCUT2D eigenvalue weighted by Gasteiger charge is -2.32. The molecule has 5 nitrogen and oxygen atoms in total. The molecule has 2 heterocycles. The quantitative estimate of drug-likeness (QED) is 0.724. The Bertz CT molecular complexity index is 432. The van der Waals surface area contributed by atoms with Crippen molar-refractivity contribution in [2.75, 3.05) is 5.73 Å². The van der Waals surface area contributed by atoms with Crippen LogP contribution in [0, 0.1) is 6.92 Å². The molecule has 0 amide bonds. The van der Waals surface area contributed by atoms with Crippen molar-refractivity contribution >= 4 is 18.5 Å². The van der Waals surface area contributed by atoms with Gasteiger partial charge in [0.05, 0.1) is 22.5 Å². The number of aromatic nitrogens is 2. The largest absolute Gasteiger partial charge is 0.516 e. The smallest absolute Gasteiger partial charge is 0.398 e. The zero-order chi connectivity index (χ0) is 12.8. The Balaban J connectivity index is 2.29. The van der Waals surface area contributed by atoms with E-state index in [-0.39, 0.29) is 11.2 Å². The van der Waals surface area contributed by atoms with E-state index >= 15 is 0 Å². The maximum absolute atomic E-state index is 5.88. The van der Waals surface area contributed by atoms with E-state index in [0.29, 0.717) is 17.1 Å². The molecule has 0 saturated carbocycles. The molecule has 6 heteroatoms. The molecule has 17 heavy (non-hydrogen) atoms. The van der Waals surface area contributed by atoms with Crippen molar-refractivity contribution in [3.63, 3.8) is 0 Å². The van der Waals surface area contributed by atoms with Crippen molar-refractivity contribution in [1.82, 2.24) is 9.97 Å². The summed E-state index contributed by atoms with van der Waals surface area (Å²) in [6.07, 6.45) is 1.60. The summed E-state index contributed by atoms with van der Waals surface area (Å²) in [5, 5.41) is 0. The molecule has 2 rings (SSSR count). The molecule has 2 N–H and O–H groups in total. The Morgan fingerprint density at radius 1 is 1.18 bits per heavy atom.